The number of nitrogens with zero attached hydrogens (tertiary/aromatic N) is 2. The van der Waals surface area contributed by atoms with Gasteiger partial charge < -0.3 is 19.5 Å². The molecule has 2 aliphatic heterocycles. The number of nitrogens with one attached hydrogen (secondary N) is 1. The average molecular weight is 404 g/mol. The molecule has 7 heteroatoms. The van der Waals surface area contributed by atoms with Crippen LogP contribution in [-0.2, 0) is 9.53 Å². The summed E-state index contributed by atoms with van der Waals surface area (Å²) in [4.78, 5) is 44.3. The third kappa shape index (κ3) is 4.82. The summed E-state index contributed by atoms with van der Waals surface area (Å²) in [5, 5.41) is 0. The van der Waals surface area contributed by atoms with Crippen molar-refractivity contribution >= 4 is 17.8 Å². The predicted octanol–water partition coefficient (Wildman–Crippen LogP) is 3.06. The molecule has 0 radical (unpaired) electrons. The van der Waals surface area contributed by atoms with Crippen LogP contribution >= 0.6 is 0 Å². The summed E-state index contributed by atoms with van der Waals surface area (Å²) >= 11 is 0. The zero-order chi connectivity index (χ0) is 21.0. The van der Waals surface area contributed by atoms with Gasteiger partial charge in [-0.2, -0.15) is 0 Å². The molecule has 1 N–H and O–H groups in total. The van der Waals surface area contributed by atoms with Crippen molar-refractivity contribution in [2.45, 2.75) is 59.3 Å². The lowest BCUT2D eigenvalue weighted by molar-refractivity contribution is -0.130. The van der Waals surface area contributed by atoms with E-state index in [2.05, 4.69) is 4.98 Å². The van der Waals surface area contributed by atoms with Gasteiger partial charge in [0.25, 0.3) is 5.91 Å². The van der Waals surface area contributed by atoms with E-state index in [1.54, 1.807) is 13.8 Å². The van der Waals surface area contributed by atoms with Crippen molar-refractivity contribution in [2.75, 3.05) is 32.8 Å². The van der Waals surface area contributed by atoms with E-state index in [1.807, 2.05) is 16.7 Å². The second-order valence-electron chi connectivity index (χ2n) is 8.21. The number of aromatic amines is 1. The molecule has 2 amide bonds. The molecular weight excluding hydrogens is 370 g/mol. The molecule has 7 nitrogen and oxygen atoms in total. The summed E-state index contributed by atoms with van der Waals surface area (Å²) in [6.45, 7) is 8.88. The number of H-pyrrole nitrogens is 1. The Balaban J connectivity index is 1.53. The van der Waals surface area contributed by atoms with Gasteiger partial charge in [-0.25, -0.2) is 4.79 Å². The largest absolute Gasteiger partial charge is 0.461 e. The molecule has 0 atom stereocenters. The molecular formula is C22H33N3O4. The average Bonchev–Trinajstić information content (AvgIpc) is 3.34. The monoisotopic (exact) mass is 403 g/mol. The summed E-state index contributed by atoms with van der Waals surface area (Å²) < 4.78 is 5.07. The van der Waals surface area contributed by atoms with Crippen LogP contribution in [0.4, 0.5) is 0 Å². The molecule has 0 aromatic carbocycles. The van der Waals surface area contributed by atoms with Gasteiger partial charge in [0.2, 0.25) is 5.91 Å². The van der Waals surface area contributed by atoms with Gasteiger partial charge in [0.15, 0.2) is 0 Å². The zero-order valence-corrected chi connectivity index (χ0v) is 17.9. The number of hydrogen-bond donors (Lipinski definition) is 1. The second kappa shape index (κ2) is 9.46. The molecule has 0 unspecified atom stereocenters. The lowest BCUT2D eigenvalue weighted by Crippen LogP contribution is -2.39. The van der Waals surface area contributed by atoms with E-state index in [1.165, 1.54) is 0 Å². The molecule has 3 rings (SSSR count). The molecule has 3 heterocycles. The number of amides is 2. The molecule has 0 saturated carbocycles. The number of aromatic nitrogens is 1. The Morgan fingerprint density at radius 1 is 1.03 bits per heavy atom. The molecule has 2 saturated heterocycles. The number of piperidine rings is 1. The Morgan fingerprint density at radius 2 is 1.69 bits per heavy atom. The van der Waals surface area contributed by atoms with Gasteiger partial charge >= 0.3 is 5.97 Å². The van der Waals surface area contributed by atoms with Crippen molar-refractivity contribution in [3.05, 3.63) is 22.5 Å². The minimum atomic E-state index is -0.423. The fourth-order valence-electron chi connectivity index (χ4n) is 4.51. The van der Waals surface area contributed by atoms with Crippen molar-refractivity contribution in [3.8, 4) is 0 Å². The van der Waals surface area contributed by atoms with Crippen molar-refractivity contribution in [2.24, 2.45) is 5.92 Å². The SMILES string of the molecule is CCOC(=O)c1[nH]c(C)c(C(=O)N2CCC(CCC(=O)N3CCCC3)CC2)c1C. The lowest BCUT2D eigenvalue weighted by Gasteiger charge is -2.32. The van der Waals surface area contributed by atoms with Crippen LogP contribution in [0.1, 0.15) is 77.6 Å². The van der Waals surface area contributed by atoms with Crippen molar-refractivity contribution in [3.63, 3.8) is 0 Å². The Labute approximate surface area is 172 Å². The maximum Gasteiger partial charge on any atom is 0.355 e. The van der Waals surface area contributed by atoms with Crippen LogP contribution in [0.15, 0.2) is 0 Å². The second-order valence-corrected chi connectivity index (χ2v) is 8.21. The first-order valence-corrected chi connectivity index (χ1v) is 10.9. The first-order chi connectivity index (χ1) is 13.9. The van der Waals surface area contributed by atoms with E-state index in [-0.39, 0.29) is 11.8 Å². The van der Waals surface area contributed by atoms with Gasteiger partial charge in [-0.1, -0.05) is 0 Å². The van der Waals surface area contributed by atoms with Crippen molar-refractivity contribution < 1.29 is 19.1 Å². The van der Waals surface area contributed by atoms with Gasteiger partial charge in [-0.3, -0.25) is 9.59 Å². The third-order valence-electron chi connectivity index (χ3n) is 6.26. The Hall–Kier alpha value is -2.31. The van der Waals surface area contributed by atoms with Gasteiger partial charge in [0.05, 0.1) is 12.2 Å². The minimum absolute atomic E-state index is 0.0293. The fourth-order valence-corrected chi connectivity index (χ4v) is 4.51. The first kappa shape index (κ1) is 21.4. The fraction of sp³-hybridized carbons (Fsp3) is 0.682. The maximum atomic E-state index is 13.1. The Kier molecular flexibility index (Phi) is 6.98. The smallest absolute Gasteiger partial charge is 0.355 e. The number of likely N-dealkylation sites (tertiary alicyclic amines) is 2. The Morgan fingerprint density at radius 3 is 2.31 bits per heavy atom. The molecule has 0 spiro atoms. The number of ether oxygens (including phenoxy) is 1. The van der Waals surface area contributed by atoms with Gasteiger partial charge in [-0.05, 0) is 64.4 Å². The van der Waals surface area contributed by atoms with E-state index in [0.29, 0.717) is 54.5 Å². The van der Waals surface area contributed by atoms with Crippen molar-refractivity contribution in [1.82, 2.24) is 14.8 Å². The summed E-state index contributed by atoms with van der Waals surface area (Å²) in [6, 6.07) is 0. The highest BCUT2D eigenvalue weighted by molar-refractivity contribution is 6.01. The summed E-state index contributed by atoms with van der Waals surface area (Å²) in [6.07, 6.45) is 5.63. The van der Waals surface area contributed by atoms with Crippen LogP contribution in [0.25, 0.3) is 0 Å². The van der Waals surface area contributed by atoms with E-state index in [9.17, 15) is 14.4 Å². The van der Waals surface area contributed by atoms with Gasteiger partial charge in [-0.15, -0.1) is 0 Å². The topological polar surface area (TPSA) is 82.7 Å². The molecule has 2 aliphatic rings. The molecule has 1 aromatic heterocycles. The van der Waals surface area contributed by atoms with Crippen LogP contribution in [0.5, 0.6) is 0 Å². The van der Waals surface area contributed by atoms with E-state index in [0.717, 1.165) is 45.2 Å². The van der Waals surface area contributed by atoms with Gasteiger partial charge in [0, 0.05) is 38.3 Å². The minimum Gasteiger partial charge on any atom is -0.461 e. The summed E-state index contributed by atoms with van der Waals surface area (Å²) in [5.74, 6) is 0.326. The van der Waals surface area contributed by atoms with Crippen LogP contribution in [0, 0.1) is 19.8 Å². The lowest BCUT2D eigenvalue weighted by atomic mass is 9.91. The number of rotatable bonds is 6. The van der Waals surface area contributed by atoms with Crippen LogP contribution < -0.4 is 0 Å². The Bertz CT molecular complexity index is 756. The molecule has 29 heavy (non-hydrogen) atoms. The first-order valence-electron chi connectivity index (χ1n) is 10.9. The van der Waals surface area contributed by atoms with Crippen molar-refractivity contribution in [1.29, 1.82) is 0 Å². The highest BCUT2D eigenvalue weighted by Crippen LogP contribution is 2.26. The molecule has 0 bridgehead atoms. The molecule has 160 valence electrons. The predicted molar refractivity (Wildman–Crippen MR) is 110 cm³/mol. The quantitative estimate of drug-likeness (QED) is 0.740. The summed E-state index contributed by atoms with van der Waals surface area (Å²) in [7, 11) is 0. The van der Waals surface area contributed by atoms with Gasteiger partial charge in [0.1, 0.15) is 5.69 Å². The standard InChI is InChI=1S/C22H33N3O4/c1-4-29-22(28)20-15(2)19(16(3)23-20)21(27)25-13-9-17(10-14-25)7-8-18(26)24-11-5-6-12-24/h17,23H,4-14H2,1-3H3. The third-order valence-corrected chi connectivity index (χ3v) is 6.26. The molecule has 2 fully saturated rings. The summed E-state index contributed by atoms with van der Waals surface area (Å²) in [5.41, 5.74) is 2.30. The number of carbonyl (C=O) groups is 3. The normalized spacial score (nSPS) is 17.6. The molecule has 1 aromatic rings. The van der Waals surface area contributed by atoms with E-state index in [4.69, 9.17) is 4.74 Å². The maximum absolute atomic E-state index is 13.1. The van der Waals surface area contributed by atoms with Crippen LogP contribution in [0.3, 0.4) is 0 Å². The number of aryl methyl sites for hydroxylation is 1. The highest BCUT2D eigenvalue weighted by Gasteiger charge is 2.29. The zero-order valence-electron chi connectivity index (χ0n) is 17.9. The van der Waals surface area contributed by atoms with Crippen LogP contribution in [-0.4, -0.2) is 65.4 Å². The van der Waals surface area contributed by atoms with E-state index >= 15 is 0 Å². The van der Waals surface area contributed by atoms with E-state index < -0.39 is 5.97 Å². The number of esters is 1. The highest BCUT2D eigenvalue weighted by atomic mass is 16.5. The number of hydrogen-bond acceptors (Lipinski definition) is 4. The number of carbonyl (C=O) groups excluding carboxylic acids is 3. The van der Waals surface area contributed by atoms with Crippen LogP contribution in [0.2, 0.25) is 0 Å². The molecule has 0 aliphatic carbocycles.